The summed E-state index contributed by atoms with van der Waals surface area (Å²) in [4.78, 5) is 14.1. The predicted octanol–water partition coefficient (Wildman–Crippen LogP) is 4.74. The van der Waals surface area contributed by atoms with Gasteiger partial charge in [0.15, 0.2) is 0 Å². The normalized spacial score (nSPS) is 17.2. The molecule has 0 radical (unpaired) electrons. The van der Waals surface area contributed by atoms with Gasteiger partial charge in [0.2, 0.25) is 5.91 Å². The Hall–Kier alpha value is -1.07. The number of benzene rings is 1. The van der Waals surface area contributed by atoms with Gasteiger partial charge in [-0.1, -0.05) is 29.3 Å². The van der Waals surface area contributed by atoms with Crippen molar-refractivity contribution in [2.24, 2.45) is 0 Å². The zero-order valence-corrected chi connectivity index (χ0v) is 14.1. The number of thiophene rings is 1. The molecule has 0 bridgehead atoms. The minimum absolute atomic E-state index is 0.0533. The van der Waals surface area contributed by atoms with Gasteiger partial charge in [-0.2, -0.15) is 0 Å². The van der Waals surface area contributed by atoms with E-state index in [9.17, 15) is 4.79 Å². The summed E-state index contributed by atoms with van der Waals surface area (Å²) in [6, 6.07) is 9.03. The van der Waals surface area contributed by atoms with Gasteiger partial charge in [-0.05, 0) is 42.5 Å². The third kappa shape index (κ3) is 3.01. The second-order valence-corrected chi connectivity index (χ2v) is 7.04. The van der Waals surface area contributed by atoms with Gasteiger partial charge in [0.25, 0.3) is 0 Å². The lowest BCUT2D eigenvalue weighted by molar-refractivity contribution is -0.125. The smallest absolute Gasteiger partial charge is 0.236 e. The van der Waals surface area contributed by atoms with Crippen LogP contribution in [0.3, 0.4) is 0 Å². The molecule has 0 spiro atoms. The van der Waals surface area contributed by atoms with Gasteiger partial charge in [0.05, 0.1) is 16.1 Å². The fourth-order valence-electron chi connectivity index (χ4n) is 2.69. The van der Waals surface area contributed by atoms with E-state index in [2.05, 4.69) is 5.32 Å². The van der Waals surface area contributed by atoms with Crippen LogP contribution in [0.5, 0.6) is 0 Å². The van der Waals surface area contributed by atoms with Crippen LogP contribution in [-0.4, -0.2) is 19.1 Å². The van der Waals surface area contributed by atoms with Gasteiger partial charge < -0.3 is 10.1 Å². The van der Waals surface area contributed by atoms with Crippen molar-refractivity contribution in [1.29, 1.82) is 0 Å². The van der Waals surface area contributed by atoms with E-state index >= 15 is 0 Å². The Kier molecular flexibility index (Phi) is 4.73. The number of nitrogens with one attached hydrogen (secondary N) is 1. The molecule has 1 saturated heterocycles. The number of hydrogen-bond acceptors (Lipinski definition) is 3. The maximum atomic E-state index is 13.0. The molecule has 1 aromatic carbocycles. The molecule has 1 N–H and O–H groups in total. The molecule has 6 heteroatoms. The van der Waals surface area contributed by atoms with E-state index in [4.69, 9.17) is 27.9 Å². The maximum Gasteiger partial charge on any atom is 0.236 e. The van der Waals surface area contributed by atoms with Crippen LogP contribution in [0.4, 0.5) is 5.69 Å². The molecule has 22 heavy (non-hydrogen) atoms. The minimum Gasteiger partial charge on any atom is -0.381 e. The Bertz CT molecular complexity index is 667. The van der Waals surface area contributed by atoms with E-state index in [1.54, 1.807) is 29.5 Å². The maximum absolute atomic E-state index is 13.0. The summed E-state index contributed by atoms with van der Waals surface area (Å²) in [5.74, 6) is -0.0533. The van der Waals surface area contributed by atoms with Crippen LogP contribution >= 0.6 is 34.5 Å². The molecule has 1 aliphatic heterocycles. The highest BCUT2D eigenvalue weighted by Crippen LogP contribution is 2.39. The largest absolute Gasteiger partial charge is 0.381 e. The van der Waals surface area contributed by atoms with Crippen LogP contribution in [-0.2, 0) is 14.9 Å². The number of carbonyl (C=O) groups is 1. The van der Waals surface area contributed by atoms with Crippen molar-refractivity contribution < 1.29 is 9.53 Å². The molecule has 0 saturated carbocycles. The van der Waals surface area contributed by atoms with Crippen molar-refractivity contribution in [2.45, 2.75) is 18.3 Å². The summed E-state index contributed by atoms with van der Waals surface area (Å²) in [6.07, 6.45) is 1.33. The fraction of sp³-hybridized carbons (Fsp3) is 0.312. The molecular formula is C16H15Cl2NO2S. The first-order valence-electron chi connectivity index (χ1n) is 7.00. The third-order valence-electron chi connectivity index (χ3n) is 3.95. The summed E-state index contributed by atoms with van der Waals surface area (Å²) in [7, 11) is 0. The molecule has 116 valence electrons. The SMILES string of the molecule is O=C(Nc1cc(Cl)ccc1Cl)C1(c2cccs2)CCOCC1. The minimum atomic E-state index is -0.557. The van der Waals surface area contributed by atoms with Crippen molar-refractivity contribution in [3.63, 3.8) is 0 Å². The summed E-state index contributed by atoms with van der Waals surface area (Å²) >= 11 is 13.7. The van der Waals surface area contributed by atoms with Crippen molar-refractivity contribution >= 4 is 46.1 Å². The zero-order valence-electron chi connectivity index (χ0n) is 11.8. The molecule has 0 unspecified atom stereocenters. The standard InChI is InChI=1S/C16H15Cl2NO2S/c17-11-3-4-12(18)13(10-11)19-15(20)16(5-7-21-8-6-16)14-2-1-9-22-14/h1-4,9-10H,5-8H2,(H,19,20). The molecular weight excluding hydrogens is 341 g/mol. The van der Waals surface area contributed by atoms with Crippen LogP contribution in [0.25, 0.3) is 0 Å². The quantitative estimate of drug-likeness (QED) is 0.863. The van der Waals surface area contributed by atoms with Crippen LogP contribution in [0.15, 0.2) is 35.7 Å². The first-order chi connectivity index (χ1) is 10.6. The zero-order chi connectivity index (χ0) is 15.6. The lowest BCUT2D eigenvalue weighted by atomic mass is 9.78. The topological polar surface area (TPSA) is 38.3 Å². The number of rotatable bonds is 3. The fourth-order valence-corrected chi connectivity index (χ4v) is 4.01. The van der Waals surface area contributed by atoms with Gasteiger partial charge in [0.1, 0.15) is 0 Å². The second-order valence-electron chi connectivity index (χ2n) is 5.25. The van der Waals surface area contributed by atoms with E-state index in [-0.39, 0.29) is 5.91 Å². The van der Waals surface area contributed by atoms with Gasteiger partial charge in [-0.15, -0.1) is 11.3 Å². The Morgan fingerprint density at radius 1 is 1.23 bits per heavy atom. The lowest BCUT2D eigenvalue weighted by Gasteiger charge is -2.35. The Morgan fingerprint density at radius 3 is 2.68 bits per heavy atom. The molecule has 1 amide bonds. The predicted molar refractivity (Wildman–Crippen MR) is 91.1 cm³/mol. The summed E-state index contributed by atoms with van der Waals surface area (Å²) in [6.45, 7) is 1.16. The van der Waals surface area contributed by atoms with E-state index < -0.39 is 5.41 Å². The number of anilines is 1. The summed E-state index contributed by atoms with van der Waals surface area (Å²) in [5, 5.41) is 5.95. The molecule has 1 aliphatic rings. The molecule has 3 nitrogen and oxygen atoms in total. The number of amides is 1. The van der Waals surface area contributed by atoms with Crippen molar-refractivity contribution in [2.75, 3.05) is 18.5 Å². The number of carbonyl (C=O) groups excluding carboxylic acids is 1. The van der Waals surface area contributed by atoms with E-state index in [1.165, 1.54) is 0 Å². The first-order valence-corrected chi connectivity index (χ1v) is 8.64. The van der Waals surface area contributed by atoms with Crippen molar-refractivity contribution in [3.8, 4) is 0 Å². The molecule has 2 heterocycles. The van der Waals surface area contributed by atoms with Gasteiger partial charge >= 0.3 is 0 Å². The van der Waals surface area contributed by atoms with Crippen LogP contribution in [0.2, 0.25) is 10.0 Å². The Morgan fingerprint density at radius 2 is 2.00 bits per heavy atom. The Labute approximate surface area is 143 Å². The van der Waals surface area contributed by atoms with E-state index in [0.29, 0.717) is 41.8 Å². The summed E-state index contributed by atoms with van der Waals surface area (Å²) in [5.41, 5.74) is -0.0143. The molecule has 1 aromatic heterocycles. The molecule has 2 aromatic rings. The molecule has 1 fully saturated rings. The van der Waals surface area contributed by atoms with Crippen LogP contribution in [0, 0.1) is 0 Å². The van der Waals surface area contributed by atoms with Crippen molar-refractivity contribution in [3.05, 3.63) is 50.6 Å². The molecule has 3 rings (SSSR count). The number of ether oxygens (including phenoxy) is 1. The molecule has 0 aliphatic carbocycles. The van der Waals surface area contributed by atoms with Crippen LogP contribution in [0.1, 0.15) is 17.7 Å². The van der Waals surface area contributed by atoms with Gasteiger partial charge in [-0.3, -0.25) is 4.79 Å². The highest BCUT2D eigenvalue weighted by atomic mass is 35.5. The van der Waals surface area contributed by atoms with Gasteiger partial charge in [0, 0.05) is 23.1 Å². The highest BCUT2D eigenvalue weighted by molar-refractivity contribution is 7.10. The first kappa shape index (κ1) is 15.8. The Balaban J connectivity index is 1.91. The second kappa shape index (κ2) is 6.59. The monoisotopic (exact) mass is 355 g/mol. The average Bonchev–Trinajstić information content (AvgIpc) is 3.06. The number of halogens is 2. The van der Waals surface area contributed by atoms with Crippen LogP contribution < -0.4 is 5.32 Å². The van der Waals surface area contributed by atoms with Gasteiger partial charge in [-0.25, -0.2) is 0 Å². The lowest BCUT2D eigenvalue weighted by Crippen LogP contribution is -2.44. The third-order valence-corrected chi connectivity index (χ3v) is 5.59. The van der Waals surface area contributed by atoms with E-state index in [1.807, 2.05) is 17.5 Å². The summed E-state index contributed by atoms with van der Waals surface area (Å²) < 4.78 is 5.44. The van der Waals surface area contributed by atoms with Crippen molar-refractivity contribution in [1.82, 2.24) is 0 Å². The molecule has 0 atom stereocenters. The van der Waals surface area contributed by atoms with E-state index in [0.717, 1.165) is 4.88 Å². The average molecular weight is 356 g/mol. The highest BCUT2D eigenvalue weighted by Gasteiger charge is 2.42. The number of hydrogen-bond donors (Lipinski definition) is 1.